The lowest BCUT2D eigenvalue weighted by Crippen LogP contribution is -2.46. The van der Waals surface area contributed by atoms with Crippen molar-refractivity contribution in [1.82, 2.24) is 9.88 Å². The molecule has 1 fully saturated rings. The summed E-state index contributed by atoms with van der Waals surface area (Å²) in [6.45, 7) is 9.34. The predicted molar refractivity (Wildman–Crippen MR) is 93.2 cm³/mol. The Morgan fingerprint density at radius 2 is 1.74 bits per heavy atom. The first kappa shape index (κ1) is 15.7. The molecule has 0 N–H and O–H groups in total. The Morgan fingerprint density at radius 1 is 1.04 bits per heavy atom. The van der Waals surface area contributed by atoms with Gasteiger partial charge in [0.1, 0.15) is 5.82 Å². The van der Waals surface area contributed by atoms with Crippen LogP contribution in [0.3, 0.4) is 0 Å². The molecule has 2 aromatic rings. The van der Waals surface area contributed by atoms with Crippen molar-refractivity contribution in [1.29, 1.82) is 0 Å². The molecule has 3 rings (SSSR count). The molecule has 2 heterocycles. The fraction of sp³-hybridized carbons (Fsp3) is 0.368. The molecule has 0 bridgehead atoms. The number of likely N-dealkylation sites (N-methyl/N-ethyl adjacent to an activating group) is 1. The van der Waals surface area contributed by atoms with Gasteiger partial charge in [0.05, 0.1) is 5.69 Å². The average Bonchev–Trinajstić information content (AvgIpc) is 2.62. The molecule has 0 unspecified atom stereocenters. The zero-order valence-electron chi connectivity index (χ0n) is 13.8. The van der Waals surface area contributed by atoms with E-state index in [1.807, 2.05) is 49.4 Å². The van der Waals surface area contributed by atoms with Crippen molar-refractivity contribution >= 4 is 11.6 Å². The van der Waals surface area contributed by atoms with E-state index in [4.69, 9.17) is 0 Å². The molecular formula is C19H23N3O. The van der Waals surface area contributed by atoms with Crippen LogP contribution in [0.5, 0.6) is 0 Å². The molecule has 1 saturated heterocycles. The highest BCUT2D eigenvalue weighted by Gasteiger charge is 2.19. The van der Waals surface area contributed by atoms with Crippen LogP contribution in [0.25, 0.3) is 0 Å². The molecule has 0 saturated carbocycles. The fourth-order valence-electron chi connectivity index (χ4n) is 3.00. The van der Waals surface area contributed by atoms with Gasteiger partial charge in [-0.3, -0.25) is 4.79 Å². The van der Waals surface area contributed by atoms with Gasteiger partial charge < -0.3 is 9.80 Å². The van der Waals surface area contributed by atoms with Crippen LogP contribution >= 0.6 is 0 Å². The number of pyridine rings is 1. The van der Waals surface area contributed by atoms with Gasteiger partial charge in [0, 0.05) is 37.3 Å². The molecule has 23 heavy (non-hydrogen) atoms. The Hall–Kier alpha value is -2.20. The summed E-state index contributed by atoms with van der Waals surface area (Å²) in [6.07, 6.45) is 0. The minimum Gasteiger partial charge on any atom is -0.354 e. The number of piperazine rings is 1. The van der Waals surface area contributed by atoms with Crippen LogP contribution in [-0.2, 0) is 0 Å². The lowest BCUT2D eigenvalue weighted by molar-refractivity contribution is 0.103. The van der Waals surface area contributed by atoms with E-state index in [1.165, 1.54) is 0 Å². The largest absolute Gasteiger partial charge is 0.354 e. The number of benzene rings is 1. The van der Waals surface area contributed by atoms with E-state index in [1.54, 1.807) is 0 Å². The average molecular weight is 309 g/mol. The lowest BCUT2D eigenvalue weighted by atomic mass is 10.0. The minimum atomic E-state index is 0.0398. The van der Waals surface area contributed by atoms with Crippen LogP contribution in [0.4, 0.5) is 5.82 Å². The zero-order valence-corrected chi connectivity index (χ0v) is 13.8. The summed E-state index contributed by atoms with van der Waals surface area (Å²) in [5.74, 6) is 1.01. The second-order valence-electron chi connectivity index (χ2n) is 5.92. The van der Waals surface area contributed by atoms with Gasteiger partial charge in [0.2, 0.25) is 0 Å². The normalized spacial score (nSPS) is 15.7. The Balaban J connectivity index is 1.77. The van der Waals surface area contributed by atoms with E-state index in [0.29, 0.717) is 11.1 Å². The molecular weight excluding hydrogens is 286 g/mol. The predicted octanol–water partition coefficient (Wildman–Crippen LogP) is 2.76. The van der Waals surface area contributed by atoms with Crippen LogP contribution in [-0.4, -0.2) is 48.4 Å². The van der Waals surface area contributed by atoms with Gasteiger partial charge in [-0.25, -0.2) is 4.98 Å². The third-order valence-corrected chi connectivity index (χ3v) is 4.50. The molecule has 0 spiro atoms. The van der Waals surface area contributed by atoms with Crippen LogP contribution in [0.2, 0.25) is 0 Å². The highest BCUT2D eigenvalue weighted by Crippen LogP contribution is 2.19. The molecule has 1 aliphatic rings. The summed E-state index contributed by atoms with van der Waals surface area (Å²) < 4.78 is 0. The lowest BCUT2D eigenvalue weighted by Gasteiger charge is -2.35. The van der Waals surface area contributed by atoms with E-state index in [0.717, 1.165) is 44.2 Å². The monoisotopic (exact) mass is 309 g/mol. The zero-order chi connectivity index (χ0) is 16.2. The maximum Gasteiger partial charge on any atom is 0.194 e. The molecule has 1 aromatic carbocycles. The molecule has 1 aromatic heterocycles. The first-order chi connectivity index (χ1) is 11.2. The van der Waals surface area contributed by atoms with Crippen LogP contribution < -0.4 is 4.90 Å². The van der Waals surface area contributed by atoms with Crippen LogP contribution in [0.15, 0.2) is 42.5 Å². The number of aromatic nitrogens is 1. The number of nitrogens with zero attached hydrogens (tertiary/aromatic N) is 3. The van der Waals surface area contributed by atoms with E-state index in [2.05, 4.69) is 21.7 Å². The van der Waals surface area contributed by atoms with Gasteiger partial charge in [0.15, 0.2) is 5.78 Å². The first-order valence-corrected chi connectivity index (χ1v) is 8.23. The second-order valence-corrected chi connectivity index (χ2v) is 5.92. The van der Waals surface area contributed by atoms with E-state index in [9.17, 15) is 4.79 Å². The molecule has 1 aliphatic heterocycles. The number of carbonyl (C=O) groups is 1. The van der Waals surface area contributed by atoms with E-state index < -0.39 is 0 Å². The van der Waals surface area contributed by atoms with Gasteiger partial charge in [0.25, 0.3) is 0 Å². The maximum atomic E-state index is 12.6. The van der Waals surface area contributed by atoms with Crippen molar-refractivity contribution in [3.8, 4) is 0 Å². The Morgan fingerprint density at radius 3 is 2.35 bits per heavy atom. The Labute approximate surface area is 137 Å². The van der Waals surface area contributed by atoms with Gasteiger partial charge in [-0.15, -0.1) is 0 Å². The topological polar surface area (TPSA) is 36.4 Å². The summed E-state index contributed by atoms with van der Waals surface area (Å²) in [4.78, 5) is 22.0. The molecule has 0 atom stereocenters. The molecule has 120 valence electrons. The standard InChI is InChI=1S/C19H23N3O/c1-3-21-11-13-22(14-12-21)18-10-9-17(15(2)20-18)19(23)16-7-5-4-6-8-16/h4-10H,3,11-14H2,1-2H3. The van der Waals surface area contributed by atoms with Crippen LogP contribution in [0, 0.1) is 6.92 Å². The number of hydrogen-bond donors (Lipinski definition) is 0. The summed E-state index contributed by atoms with van der Waals surface area (Å²) in [7, 11) is 0. The number of aryl methyl sites for hydroxylation is 1. The SMILES string of the molecule is CCN1CCN(c2ccc(C(=O)c3ccccc3)c(C)n2)CC1. The van der Waals surface area contributed by atoms with Crippen molar-refractivity contribution in [2.24, 2.45) is 0 Å². The Bertz CT molecular complexity index is 676. The van der Waals surface area contributed by atoms with Crippen molar-refractivity contribution in [2.75, 3.05) is 37.6 Å². The highest BCUT2D eigenvalue weighted by atomic mass is 16.1. The fourth-order valence-corrected chi connectivity index (χ4v) is 3.00. The molecule has 4 heteroatoms. The summed E-state index contributed by atoms with van der Waals surface area (Å²) in [6, 6.07) is 13.3. The van der Waals surface area contributed by atoms with Gasteiger partial charge in [-0.2, -0.15) is 0 Å². The van der Waals surface area contributed by atoms with Crippen molar-refractivity contribution in [2.45, 2.75) is 13.8 Å². The quantitative estimate of drug-likeness (QED) is 0.814. The van der Waals surface area contributed by atoms with E-state index >= 15 is 0 Å². The number of anilines is 1. The van der Waals surface area contributed by atoms with Gasteiger partial charge in [-0.1, -0.05) is 37.3 Å². The smallest absolute Gasteiger partial charge is 0.194 e. The number of carbonyl (C=O) groups excluding carboxylic acids is 1. The molecule has 0 aliphatic carbocycles. The third kappa shape index (κ3) is 3.42. The number of hydrogen-bond acceptors (Lipinski definition) is 4. The first-order valence-electron chi connectivity index (χ1n) is 8.23. The highest BCUT2D eigenvalue weighted by molar-refractivity contribution is 6.09. The van der Waals surface area contributed by atoms with Crippen LogP contribution in [0.1, 0.15) is 28.5 Å². The van der Waals surface area contributed by atoms with Crippen molar-refractivity contribution in [3.63, 3.8) is 0 Å². The summed E-state index contributed by atoms with van der Waals surface area (Å²) >= 11 is 0. The van der Waals surface area contributed by atoms with Gasteiger partial charge >= 0.3 is 0 Å². The van der Waals surface area contributed by atoms with Gasteiger partial charge in [-0.05, 0) is 25.6 Å². The third-order valence-electron chi connectivity index (χ3n) is 4.50. The number of rotatable bonds is 4. The Kier molecular flexibility index (Phi) is 4.72. The maximum absolute atomic E-state index is 12.6. The molecule has 0 amide bonds. The summed E-state index contributed by atoms with van der Waals surface area (Å²) in [5, 5.41) is 0. The number of ketones is 1. The summed E-state index contributed by atoms with van der Waals surface area (Å²) in [5.41, 5.74) is 2.20. The molecule has 0 radical (unpaired) electrons. The van der Waals surface area contributed by atoms with Crippen molar-refractivity contribution in [3.05, 3.63) is 59.3 Å². The van der Waals surface area contributed by atoms with E-state index in [-0.39, 0.29) is 5.78 Å². The van der Waals surface area contributed by atoms with Crippen molar-refractivity contribution < 1.29 is 4.79 Å². The molecule has 4 nitrogen and oxygen atoms in total. The minimum absolute atomic E-state index is 0.0398. The second kappa shape index (κ2) is 6.92.